The predicted molar refractivity (Wildman–Crippen MR) is 74.2 cm³/mol. The third kappa shape index (κ3) is 4.26. The summed E-state index contributed by atoms with van der Waals surface area (Å²) >= 11 is 0. The monoisotopic (exact) mass is 241 g/mol. The van der Waals surface area contributed by atoms with E-state index in [4.69, 9.17) is 4.74 Å². The van der Waals surface area contributed by atoms with Crippen LogP contribution in [0.4, 0.5) is 0 Å². The molecule has 2 nitrogen and oxygen atoms in total. The summed E-state index contributed by atoms with van der Waals surface area (Å²) in [4.78, 5) is 2.48. The summed E-state index contributed by atoms with van der Waals surface area (Å²) in [5.74, 6) is 0. The average Bonchev–Trinajstić information content (AvgIpc) is 2.63. The normalized spacial score (nSPS) is 26.6. The fraction of sp³-hybridized carbons (Fsp3) is 1.00. The third-order valence-electron chi connectivity index (χ3n) is 3.90. The SMILES string of the molecule is CCCCCC1(CCC)CN(C(C)(C)C)CO1. The molecule has 0 N–H and O–H groups in total. The first-order chi connectivity index (χ1) is 7.93. The molecule has 1 unspecified atom stereocenters. The summed E-state index contributed by atoms with van der Waals surface area (Å²) in [6.45, 7) is 13.3. The van der Waals surface area contributed by atoms with E-state index in [1.54, 1.807) is 0 Å². The molecule has 2 heteroatoms. The summed E-state index contributed by atoms with van der Waals surface area (Å²) < 4.78 is 6.19. The van der Waals surface area contributed by atoms with E-state index < -0.39 is 0 Å². The molecule has 0 aromatic rings. The van der Waals surface area contributed by atoms with Gasteiger partial charge in [0.1, 0.15) is 6.73 Å². The Kier molecular flexibility index (Phi) is 5.46. The van der Waals surface area contributed by atoms with Gasteiger partial charge in [0.25, 0.3) is 0 Å². The van der Waals surface area contributed by atoms with Crippen LogP contribution in [0.3, 0.4) is 0 Å². The molecule has 1 heterocycles. The highest BCUT2D eigenvalue weighted by atomic mass is 16.5. The van der Waals surface area contributed by atoms with E-state index in [0.29, 0.717) is 0 Å². The molecule has 1 aliphatic heterocycles. The van der Waals surface area contributed by atoms with Crippen molar-refractivity contribution in [2.45, 2.75) is 84.3 Å². The molecule has 0 aliphatic carbocycles. The minimum absolute atomic E-state index is 0.150. The van der Waals surface area contributed by atoms with Crippen molar-refractivity contribution >= 4 is 0 Å². The van der Waals surface area contributed by atoms with E-state index in [1.807, 2.05) is 0 Å². The Balaban J connectivity index is 2.56. The third-order valence-corrected chi connectivity index (χ3v) is 3.90. The first-order valence-corrected chi connectivity index (χ1v) is 7.32. The van der Waals surface area contributed by atoms with Crippen LogP contribution in [0, 0.1) is 0 Å². The van der Waals surface area contributed by atoms with Gasteiger partial charge in [0.15, 0.2) is 0 Å². The molecule has 0 aromatic carbocycles. The maximum atomic E-state index is 6.19. The Morgan fingerprint density at radius 2 is 1.76 bits per heavy atom. The lowest BCUT2D eigenvalue weighted by Gasteiger charge is -2.33. The van der Waals surface area contributed by atoms with E-state index in [-0.39, 0.29) is 11.1 Å². The van der Waals surface area contributed by atoms with Gasteiger partial charge in [0.2, 0.25) is 0 Å². The number of hydrogen-bond acceptors (Lipinski definition) is 2. The van der Waals surface area contributed by atoms with Gasteiger partial charge in [-0.15, -0.1) is 0 Å². The number of rotatable bonds is 6. The zero-order valence-electron chi connectivity index (χ0n) is 12.5. The summed E-state index contributed by atoms with van der Waals surface area (Å²) in [6.07, 6.45) is 7.62. The van der Waals surface area contributed by atoms with Gasteiger partial charge >= 0.3 is 0 Å². The zero-order chi connectivity index (χ0) is 12.9. The van der Waals surface area contributed by atoms with Crippen molar-refractivity contribution in [2.75, 3.05) is 13.3 Å². The Labute approximate surface area is 108 Å². The lowest BCUT2D eigenvalue weighted by molar-refractivity contribution is -0.0146. The molecule has 1 atom stereocenters. The van der Waals surface area contributed by atoms with Crippen LogP contribution in [0.2, 0.25) is 0 Å². The molecule has 0 amide bonds. The molecule has 1 aliphatic rings. The Morgan fingerprint density at radius 1 is 1.06 bits per heavy atom. The van der Waals surface area contributed by atoms with Crippen molar-refractivity contribution in [1.29, 1.82) is 0 Å². The molecule has 102 valence electrons. The predicted octanol–water partition coefficient (Wildman–Crippen LogP) is 4.19. The van der Waals surface area contributed by atoms with Gasteiger partial charge in [-0.3, -0.25) is 4.90 Å². The van der Waals surface area contributed by atoms with Gasteiger partial charge in [-0.25, -0.2) is 0 Å². The standard InChI is InChI=1S/C15H31NO/c1-6-8-9-11-15(10-7-2)12-16(13-17-15)14(3,4)5/h6-13H2,1-5H3. The molecule has 0 saturated carbocycles. The maximum Gasteiger partial charge on any atom is 0.100 e. The van der Waals surface area contributed by atoms with E-state index in [9.17, 15) is 0 Å². The second-order valence-corrected chi connectivity index (χ2v) is 6.53. The molecule has 0 bridgehead atoms. The van der Waals surface area contributed by atoms with Gasteiger partial charge in [-0.2, -0.15) is 0 Å². The highest BCUT2D eigenvalue weighted by Crippen LogP contribution is 2.34. The summed E-state index contributed by atoms with van der Waals surface area (Å²) in [5.41, 5.74) is 0.386. The highest BCUT2D eigenvalue weighted by Gasteiger charge is 2.41. The molecular formula is C15H31NO. The molecule has 1 fully saturated rings. The number of unbranched alkanes of at least 4 members (excludes halogenated alkanes) is 2. The smallest absolute Gasteiger partial charge is 0.100 e. The fourth-order valence-electron chi connectivity index (χ4n) is 2.67. The van der Waals surface area contributed by atoms with Crippen LogP contribution in [0.5, 0.6) is 0 Å². The van der Waals surface area contributed by atoms with Crippen molar-refractivity contribution in [3.05, 3.63) is 0 Å². The van der Waals surface area contributed by atoms with E-state index in [2.05, 4.69) is 39.5 Å². The quantitative estimate of drug-likeness (QED) is 0.646. The molecule has 0 spiro atoms. The van der Waals surface area contributed by atoms with Crippen molar-refractivity contribution in [1.82, 2.24) is 4.90 Å². The molecule has 0 aromatic heterocycles. The maximum absolute atomic E-state index is 6.19. The van der Waals surface area contributed by atoms with Crippen molar-refractivity contribution in [2.24, 2.45) is 0 Å². The number of hydrogen-bond donors (Lipinski definition) is 0. The second-order valence-electron chi connectivity index (χ2n) is 6.53. The van der Waals surface area contributed by atoms with E-state index >= 15 is 0 Å². The van der Waals surface area contributed by atoms with Crippen LogP contribution < -0.4 is 0 Å². The largest absolute Gasteiger partial charge is 0.358 e. The molecule has 0 radical (unpaired) electrons. The zero-order valence-corrected chi connectivity index (χ0v) is 12.5. The van der Waals surface area contributed by atoms with Crippen LogP contribution in [-0.2, 0) is 4.74 Å². The van der Waals surface area contributed by atoms with E-state index in [1.165, 1.54) is 38.5 Å². The van der Waals surface area contributed by atoms with Gasteiger partial charge in [0.05, 0.1) is 5.60 Å². The van der Waals surface area contributed by atoms with Crippen LogP contribution >= 0.6 is 0 Å². The number of nitrogens with zero attached hydrogens (tertiary/aromatic N) is 1. The first-order valence-electron chi connectivity index (χ1n) is 7.32. The Morgan fingerprint density at radius 3 is 2.24 bits per heavy atom. The molecule has 17 heavy (non-hydrogen) atoms. The van der Waals surface area contributed by atoms with Gasteiger partial charge in [0, 0.05) is 12.1 Å². The molecule has 1 saturated heterocycles. The van der Waals surface area contributed by atoms with Crippen molar-refractivity contribution in [3.63, 3.8) is 0 Å². The minimum Gasteiger partial charge on any atom is -0.358 e. The molecular weight excluding hydrogens is 210 g/mol. The van der Waals surface area contributed by atoms with Gasteiger partial charge in [-0.05, 0) is 33.6 Å². The van der Waals surface area contributed by atoms with Crippen LogP contribution in [0.25, 0.3) is 0 Å². The van der Waals surface area contributed by atoms with E-state index in [0.717, 1.165) is 13.3 Å². The summed E-state index contributed by atoms with van der Waals surface area (Å²) in [5, 5.41) is 0. The average molecular weight is 241 g/mol. The lowest BCUT2D eigenvalue weighted by Crippen LogP contribution is -2.43. The Bertz CT molecular complexity index is 221. The molecule has 1 rings (SSSR count). The van der Waals surface area contributed by atoms with Crippen LogP contribution in [0.15, 0.2) is 0 Å². The van der Waals surface area contributed by atoms with Gasteiger partial charge < -0.3 is 4.74 Å². The van der Waals surface area contributed by atoms with Crippen LogP contribution in [0.1, 0.15) is 73.1 Å². The topological polar surface area (TPSA) is 12.5 Å². The first kappa shape index (κ1) is 15.0. The van der Waals surface area contributed by atoms with Crippen molar-refractivity contribution in [3.8, 4) is 0 Å². The number of ether oxygens (including phenoxy) is 1. The van der Waals surface area contributed by atoms with Crippen LogP contribution in [-0.4, -0.2) is 29.3 Å². The fourth-order valence-corrected chi connectivity index (χ4v) is 2.67. The second kappa shape index (κ2) is 6.19. The van der Waals surface area contributed by atoms with Gasteiger partial charge in [-0.1, -0.05) is 39.5 Å². The Hall–Kier alpha value is -0.0800. The summed E-state index contributed by atoms with van der Waals surface area (Å²) in [7, 11) is 0. The minimum atomic E-state index is 0.150. The van der Waals surface area contributed by atoms with Crippen molar-refractivity contribution < 1.29 is 4.74 Å². The highest BCUT2D eigenvalue weighted by molar-refractivity contribution is 4.92. The summed E-state index contributed by atoms with van der Waals surface area (Å²) in [6, 6.07) is 0. The lowest BCUT2D eigenvalue weighted by atomic mass is 9.90.